The zero-order chi connectivity index (χ0) is 15.3. The van der Waals surface area contributed by atoms with Gasteiger partial charge >= 0.3 is 0 Å². The smallest absolute Gasteiger partial charge is 0.233 e. The number of nitrogens with two attached hydrogens (primary N) is 1. The highest BCUT2D eigenvalue weighted by Crippen LogP contribution is 2.49. The second-order valence-corrected chi connectivity index (χ2v) is 6.55. The molecule has 1 aromatic rings. The number of rotatable bonds is 1. The molecule has 21 heavy (non-hydrogen) atoms. The molecule has 1 saturated heterocycles. The van der Waals surface area contributed by atoms with Gasteiger partial charge in [0, 0.05) is 18.3 Å². The van der Waals surface area contributed by atoms with Crippen LogP contribution in [-0.2, 0) is 4.79 Å². The average molecular weight is 294 g/mol. The molecular weight excluding hydrogens is 274 g/mol. The quantitative estimate of drug-likeness (QED) is 0.865. The number of benzene rings is 1. The summed E-state index contributed by atoms with van der Waals surface area (Å²) < 4.78 is 27.2. The van der Waals surface area contributed by atoms with Crippen molar-refractivity contribution in [1.29, 1.82) is 0 Å². The minimum Gasteiger partial charge on any atom is -0.325 e. The van der Waals surface area contributed by atoms with Gasteiger partial charge in [-0.3, -0.25) is 4.79 Å². The lowest BCUT2D eigenvalue weighted by atomic mass is 9.66. The van der Waals surface area contributed by atoms with Crippen LogP contribution in [0.15, 0.2) is 24.3 Å². The first kappa shape index (κ1) is 14.4. The summed E-state index contributed by atoms with van der Waals surface area (Å²) in [6.07, 6.45) is 1.92. The SMILES string of the molecule is CC1(F)CCC2(CCN(c3ccc(F)cc3)C2=O)CC1N. The van der Waals surface area contributed by atoms with Crippen LogP contribution in [0.2, 0.25) is 0 Å². The topological polar surface area (TPSA) is 46.3 Å². The summed E-state index contributed by atoms with van der Waals surface area (Å²) in [5, 5.41) is 0. The van der Waals surface area contributed by atoms with Crippen molar-refractivity contribution >= 4 is 11.6 Å². The van der Waals surface area contributed by atoms with Crippen molar-refractivity contribution in [2.45, 2.75) is 44.3 Å². The predicted octanol–water partition coefficient (Wildman–Crippen LogP) is 2.79. The first-order valence-electron chi connectivity index (χ1n) is 7.36. The molecule has 1 spiro atoms. The molecule has 1 aliphatic carbocycles. The molecule has 5 heteroatoms. The zero-order valence-electron chi connectivity index (χ0n) is 12.1. The van der Waals surface area contributed by atoms with Gasteiger partial charge in [0.15, 0.2) is 0 Å². The Kier molecular flexibility index (Phi) is 3.28. The number of carbonyl (C=O) groups excluding carboxylic acids is 1. The van der Waals surface area contributed by atoms with E-state index in [-0.39, 0.29) is 11.7 Å². The third-order valence-corrected chi connectivity index (χ3v) is 5.13. The molecule has 0 radical (unpaired) electrons. The predicted molar refractivity (Wildman–Crippen MR) is 77.1 cm³/mol. The van der Waals surface area contributed by atoms with Crippen LogP contribution < -0.4 is 10.6 Å². The minimum atomic E-state index is -1.39. The third kappa shape index (κ3) is 2.33. The molecule has 2 aliphatic rings. The van der Waals surface area contributed by atoms with E-state index in [1.807, 2.05) is 0 Å². The summed E-state index contributed by atoms with van der Waals surface area (Å²) in [6, 6.07) is 5.30. The van der Waals surface area contributed by atoms with E-state index in [4.69, 9.17) is 5.73 Å². The largest absolute Gasteiger partial charge is 0.325 e. The molecule has 1 aliphatic heterocycles. The van der Waals surface area contributed by atoms with Crippen LogP contribution in [0.1, 0.15) is 32.6 Å². The number of halogens is 2. The van der Waals surface area contributed by atoms with E-state index in [0.717, 1.165) is 0 Å². The molecule has 1 heterocycles. The van der Waals surface area contributed by atoms with E-state index in [1.54, 1.807) is 17.0 Å². The van der Waals surface area contributed by atoms with Crippen molar-refractivity contribution in [3.8, 4) is 0 Å². The van der Waals surface area contributed by atoms with Crippen LogP contribution in [-0.4, -0.2) is 24.2 Å². The highest BCUT2D eigenvalue weighted by molar-refractivity contribution is 6.00. The Balaban J connectivity index is 1.82. The lowest BCUT2D eigenvalue weighted by molar-refractivity contribution is -0.129. The Labute approximate surface area is 123 Å². The maximum Gasteiger partial charge on any atom is 0.233 e. The van der Waals surface area contributed by atoms with Crippen LogP contribution in [0.25, 0.3) is 0 Å². The summed E-state index contributed by atoms with van der Waals surface area (Å²) in [6.45, 7) is 2.10. The first-order chi connectivity index (χ1) is 9.84. The Morgan fingerprint density at radius 1 is 1.24 bits per heavy atom. The van der Waals surface area contributed by atoms with Crippen LogP contribution in [0.4, 0.5) is 14.5 Å². The van der Waals surface area contributed by atoms with E-state index in [0.29, 0.717) is 37.9 Å². The van der Waals surface area contributed by atoms with Crippen molar-refractivity contribution in [3.05, 3.63) is 30.1 Å². The zero-order valence-corrected chi connectivity index (χ0v) is 12.1. The van der Waals surface area contributed by atoms with E-state index in [2.05, 4.69) is 0 Å². The molecule has 1 aromatic carbocycles. The molecule has 0 bridgehead atoms. The standard InChI is InChI=1S/C16H20F2N2O/c1-15(18)6-7-16(10-13(15)19)8-9-20(14(16)21)12-4-2-11(17)3-5-12/h2-5,13H,6-10,19H2,1H3. The van der Waals surface area contributed by atoms with Crippen molar-refractivity contribution in [2.75, 3.05) is 11.4 Å². The normalized spacial score (nSPS) is 36.5. The second-order valence-electron chi connectivity index (χ2n) is 6.55. The number of hydrogen-bond donors (Lipinski definition) is 1. The molecule has 1 amide bonds. The van der Waals surface area contributed by atoms with Crippen LogP contribution in [0, 0.1) is 11.2 Å². The summed E-state index contributed by atoms with van der Waals surface area (Å²) in [7, 11) is 0. The third-order valence-electron chi connectivity index (χ3n) is 5.13. The fraction of sp³-hybridized carbons (Fsp3) is 0.562. The molecule has 114 valence electrons. The van der Waals surface area contributed by atoms with Gasteiger partial charge in [0.2, 0.25) is 5.91 Å². The highest BCUT2D eigenvalue weighted by Gasteiger charge is 2.54. The Morgan fingerprint density at radius 2 is 1.90 bits per heavy atom. The Hall–Kier alpha value is -1.49. The molecular formula is C16H20F2N2O. The molecule has 3 rings (SSSR count). The fourth-order valence-electron chi connectivity index (χ4n) is 3.51. The van der Waals surface area contributed by atoms with Gasteiger partial charge in [0.05, 0.1) is 5.41 Å². The number of hydrogen-bond acceptors (Lipinski definition) is 2. The lowest BCUT2D eigenvalue weighted by Crippen LogP contribution is -2.52. The van der Waals surface area contributed by atoms with E-state index >= 15 is 0 Å². The van der Waals surface area contributed by atoms with Gasteiger partial charge in [-0.1, -0.05) is 0 Å². The molecule has 2 N–H and O–H groups in total. The second kappa shape index (κ2) is 4.77. The summed E-state index contributed by atoms with van der Waals surface area (Å²) in [5.41, 5.74) is 4.70. The number of carbonyl (C=O) groups is 1. The summed E-state index contributed by atoms with van der Waals surface area (Å²) in [5.74, 6) is -0.326. The van der Waals surface area contributed by atoms with Crippen molar-refractivity contribution in [3.63, 3.8) is 0 Å². The summed E-state index contributed by atoms with van der Waals surface area (Å²) >= 11 is 0. The number of amides is 1. The molecule has 1 saturated carbocycles. The Morgan fingerprint density at radius 3 is 2.52 bits per heavy atom. The van der Waals surface area contributed by atoms with Gasteiger partial charge in [0.25, 0.3) is 0 Å². The molecule has 3 atom stereocenters. The fourth-order valence-corrected chi connectivity index (χ4v) is 3.51. The van der Waals surface area contributed by atoms with Gasteiger partial charge in [-0.2, -0.15) is 0 Å². The summed E-state index contributed by atoms with van der Waals surface area (Å²) in [4.78, 5) is 14.5. The van der Waals surface area contributed by atoms with E-state index in [1.165, 1.54) is 19.1 Å². The van der Waals surface area contributed by atoms with E-state index < -0.39 is 17.1 Å². The number of nitrogens with zero attached hydrogens (tertiary/aromatic N) is 1. The molecule has 3 nitrogen and oxygen atoms in total. The Bertz CT molecular complexity index is 558. The monoisotopic (exact) mass is 294 g/mol. The minimum absolute atomic E-state index is 0.0000539. The van der Waals surface area contributed by atoms with Gasteiger partial charge in [-0.05, 0) is 56.9 Å². The van der Waals surface area contributed by atoms with E-state index in [9.17, 15) is 13.6 Å². The van der Waals surface area contributed by atoms with Crippen LogP contribution in [0.3, 0.4) is 0 Å². The highest BCUT2D eigenvalue weighted by atomic mass is 19.1. The van der Waals surface area contributed by atoms with Crippen molar-refractivity contribution < 1.29 is 13.6 Å². The maximum atomic E-state index is 14.2. The van der Waals surface area contributed by atoms with Crippen LogP contribution in [0.5, 0.6) is 0 Å². The van der Waals surface area contributed by atoms with Crippen molar-refractivity contribution in [2.24, 2.45) is 11.1 Å². The maximum absolute atomic E-state index is 14.2. The molecule has 0 aromatic heterocycles. The molecule has 3 unspecified atom stereocenters. The molecule has 2 fully saturated rings. The van der Waals surface area contributed by atoms with Crippen LogP contribution >= 0.6 is 0 Å². The number of anilines is 1. The average Bonchev–Trinajstić information content (AvgIpc) is 2.74. The first-order valence-corrected chi connectivity index (χ1v) is 7.36. The van der Waals surface area contributed by atoms with Gasteiger partial charge < -0.3 is 10.6 Å². The lowest BCUT2D eigenvalue weighted by Gasteiger charge is -2.42. The van der Waals surface area contributed by atoms with Gasteiger partial charge in [-0.25, -0.2) is 8.78 Å². The van der Waals surface area contributed by atoms with Gasteiger partial charge in [0.1, 0.15) is 11.5 Å². The number of alkyl halides is 1. The van der Waals surface area contributed by atoms with Crippen molar-refractivity contribution in [1.82, 2.24) is 0 Å². The van der Waals surface area contributed by atoms with Gasteiger partial charge in [-0.15, -0.1) is 0 Å².